The second-order valence-corrected chi connectivity index (χ2v) is 11.2. The van der Waals surface area contributed by atoms with Gasteiger partial charge in [-0.1, -0.05) is 24.3 Å². The van der Waals surface area contributed by atoms with E-state index in [1.54, 1.807) is 11.3 Å². The molecule has 0 radical (unpaired) electrons. The molecule has 9 heteroatoms. The average molecular weight is 678 g/mol. The molecule has 3 nitrogen and oxygen atoms in total. The smallest absolute Gasteiger partial charge is 0.257 e. The number of carbonyl (C=O) groups is 1. The Labute approximate surface area is 207 Å². The van der Waals surface area contributed by atoms with Crippen molar-refractivity contribution in [3.8, 4) is 10.6 Å². The molecule has 29 heavy (non-hydrogen) atoms. The third-order valence-corrected chi connectivity index (χ3v) is 11.4. The molecular formula is C20H15I2N2OP3S. The Morgan fingerprint density at radius 2 is 1.52 bits per heavy atom. The van der Waals surface area contributed by atoms with Gasteiger partial charge in [0.05, 0.1) is 21.5 Å². The highest BCUT2D eigenvalue weighted by atomic mass is 127. The third kappa shape index (κ3) is 4.26. The maximum absolute atomic E-state index is 13.3. The van der Waals surface area contributed by atoms with E-state index in [2.05, 4.69) is 84.3 Å². The van der Waals surface area contributed by atoms with Gasteiger partial charge in [0, 0.05) is 12.7 Å². The predicted octanol–water partition coefficient (Wildman–Crippen LogP) is 4.93. The number of nitrogens with one attached hydrogen (secondary N) is 1. The van der Waals surface area contributed by atoms with Crippen LogP contribution in [-0.2, 0) is 0 Å². The first-order valence-electron chi connectivity index (χ1n) is 8.46. The van der Waals surface area contributed by atoms with E-state index in [0.29, 0.717) is 5.56 Å². The molecule has 0 bridgehead atoms. The molecule has 4 rings (SSSR count). The van der Waals surface area contributed by atoms with E-state index in [-0.39, 0.29) is 5.91 Å². The normalized spacial score (nSPS) is 11.1. The number of benzene rings is 3. The second-order valence-electron chi connectivity index (χ2n) is 6.23. The van der Waals surface area contributed by atoms with Crippen LogP contribution in [0, 0.1) is 7.14 Å². The number of hydrogen-bond donors (Lipinski definition) is 1. The number of amides is 1. The third-order valence-electron chi connectivity index (χ3n) is 4.42. The van der Waals surface area contributed by atoms with Crippen LogP contribution < -0.4 is 21.2 Å². The van der Waals surface area contributed by atoms with Crippen molar-refractivity contribution in [2.45, 2.75) is 0 Å². The molecular weight excluding hydrogens is 663 g/mol. The van der Waals surface area contributed by atoms with Gasteiger partial charge >= 0.3 is 0 Å². The summed E-state index contributed by atoms with van der Waals surface area (Å²) in [5.41, 5.74) is 3.33. The molecule has 1 heterocycles. The van der Waals surface area contributed by atoms with Crippen molar-refractivity contribution >= 4 is 122 Å². The van der Waals surface area contributed by atoms with Gasteiger partial charge in [-0.2, -0.15) is 0 Å². The van der Waals surface area contributed by atoms with Crippen molar-refractivity contribution in [3.63, 3.8) is 0 Å². The minimum atomic E-state index is -0.121. The first-order chi connectivity index (χ1) is 13.9. The SMILES string of the molecule is O=C(Nc1ccccc1-c1nc2ccccc2s1)c1c(I)c(P)c(P)c(P)c1I. The van der Waals surface area contributed by atoms with E-state index in [4.69, 9.17) is 4.98 Å². The lowest BCUT2D eigenvalue weighted by Crippen LogP contribution is -2.33. The van der Waals surface area contributed by atoms with E-state index in [1.165, 1.54) is 0 Å². The Balaban J connectivity index is 1.76. The summed E-state index contributed by atoms with van der Waals surface area (Å²) >= 11 is 6.11. The van der Waals surface area contributed by atoms with Crippen molar-refractivity contribution in [2.24, 2.45) is 0 Å². The zero-order valence-corrected chi connectivity index (χ0v) is 23.5. The molecule has 0 saturated heterocycles. The first kappa shape index (κ1) is 22.0. The van der Waals surface area contributed by atoms with E-state index in [1.807, 2.05) is 42.5 Å². The number of fused-ring (bicyclic) bond motifs is 1. The number of nitrogens with zero attached hydrogens (tertiary/aromatic N) is 1. The molecule has 0 fully saturated rings. The number of hydrogen-bond acceptors (Lipinski definition) is 3. The monoisotopic (exact) mass is 678 g/mol. The topological polar surface area (TPSA) is 42.0 Å². The van der Waals surface area contributed by atoms with Crippen molar-refractivity contribution < 1.29 is 4.79 Å². The number of aromatic nitrogens is 1. The van der Waals surface area contributed by atoms with Crippen molar-refractivity contribution in [2.75, 3.05) is 5.32 Å². The largest absolute Gasteiger partial charge is 0.321 e. The molecule has 0 saturated carbocycles. The zero-order chi connectivity index (χ0) is 20.7. The van der Waals surface area contributed by atoms with Gasteiger partial charge in [-0.3, -0.25) is 4.79 Å². The van der Waals surface area contributed by atoms with Crippen molar-refractivity contribution in [3.05, 3.63) is 61.2 Å². The summed E-state index contributed by atoms with van der Waals surface area (Å²) in [6, 6.07) is 15.9. The fourth-order valence-electron chi connectivity index (χ4n) is 2.90. The molecule has 3 atom stereocenters. The number of anilines is 1. The van der Waals surface area contributed by atoms with Gasteiger partial charge < -0.3 is 5.32 Å². The second kappa shape index (κ2) is 9.10. The van der Waals surface area contributed by atoms with E-state index in [9.17, 15) is 4.79 Å². The fourth-order valence-corrected chi connectivity index (χ4v) is 7.67. The van der Waals surface area contributed by atoms with Gasteiger partial charge in [-0.15, -0.1) is 39.1 Å². The van der Waals surface area contributed by atoms with Crippen LogP contribution in [0.4, 0.5) is 5.69 Å². The lowest BCUT2D eigenvalue weighted by molar-refractivity contribution is 0.102. The van der Waals surface area contributed by atoms with Crippen LogP contribution in [0.3, 0.4) is 0 Å². The van der Waals surface area contributed by atoms with E-state index >= 15 is 0 Å². The molecule has 0 spiro atoms. The molecule has 146 valence electrons. The minimum Gasteiger partial charge on any atom is -0.321 e. The maximum Gasteiger partial charge on any atom is 0.257 e. The average Bonchev–Trinajstić information content (AvgIpc) is 3.15. The lowest BCUT2D eigenvalue weighted by atomic mass is 10.1. The van der Waals surface area contributed by atoms with Crippen molar-refractivity contribution in [1.82, 2.24) is 4.98 Å². The van der Waals surface area contributed by atoms with Gasteiger partial charge in [0.25, 0.3) is 5.91 Å². The lowest BCUT2D eigenvalue weighted by Gasteiger charge is -2.16. The molecule has 0 aliphatic carbocycles. The van der Waals surface area contributed by atoms with Crippen LogP contribution in [-0.4, -0.2) is 10.9 Å². The van der Waals surface area contributed by atoms with Crippen LogP contribution in [0.2, 0.25) is 0 Å². The van der Waals surface area contributed by atoms with E-state index < -0.39 is 0 Å². The summed E-state index contributed by atoms with van der Waals surface area (Å²) in [7, 11) is 8.22. The minimum absolute atomic E-state index is 0.121. The molecule has 0 aliphatic rings. The number of carbonyl (C=O) groups excluding carboxylic acids is 1. The van der Waals surface area contributed by atoms with Crippen LogP contribution >= 0.6 is 84.2 Å². The molecule has 1 aromatic heterocycles. The Bertz CT molecular complexity index is 1210. The number of para-hydroxylation sites is 2. The molecule has 3 aromatic carbocycles. The predicted molar refractivity (Wildman–Crippen MR) is 153 cm³/mol. The van der Waals surface area contributed by atoms with Gasteiger partial charge in [-0.25, -0.2) is 4.98 Å². The van der Waals surface area contributed by atoms with Gasteiger partial charge in [0.15, 0.2) is 0 Å². The van der Waals surface area contributed by atoms with Gasteiger partial charge in [-0.05, 0) is 85.4 Å². The van der Waals surface area contributed by atoms with Crippen LogP contribution in [0.15, 0.2) is 48.5 Å². The highest BCUT2D eigenvalue weighted by molar-refractivity contribution is 14.1. The highest BCUT2D eigenvalue weighted by Gasteiger charge is 2.22. The van der Waals surface area contributed by atoms with Crippen LogP contribution in [0.1, 0.15) is 10.4 Å². The number of rotatable bonds is 3. The summed E-state index contributed by atoms with van der Waals surface area (Å²) in [6.07, 6.45) is 0. The molecule has 1 amide bonds. The summed E-state index contributed by atoms with van der Waals surface area (Å²) in [4.78, 5) is 18.0. The van der Waals surface area contributed by atoms with Gasteiger partial charge in [0.2, 0.25) is 0 Å². The Hall–Kier alpha value is -0.230. The number of thiazole rings is 1. The standard InChI is InChI=1S/C20H15I2N2OP3S/c21-14-13(15(22)17(27)18(28)16(14)26)19(25)23-10-6-2-1-5-9(10)20-24-11-7-3-4-8-12(11)29-20/h1-8H,26-28H2,(H,23,25). The zero-order valence-electron chi connectivity index (χ0n) is 14.9. The summed E-state index contributed by atoms with van der Waals surface area (Å²) < 4.78 is 3.00. The molecule has 1 N–H and O–H groups in total. The quantitative estimate of drug-likeness (QED) is 0.247. The Morgan fingerprint density at radius 1 is 0.897 bits per heavy atom. The van der Waals surface area contributed by atoms with Crippen LogP contribution in [0.5, 0.6) is 0 Å². The summed E-state index contributed by atoms with van der Waals surface area (Å²) in [5.74, 6) is -0.121. The number of halogens is 2. The molecule has 0 aliphatic heterocycles. The Kier molecular flexibility index (Phi) is 6.90. The Morgan fingerprint density at radius 3 is 2.21 bits per heavy atom. The van der Waals surface area contributed by atoms with Crippen molar-refractivity contribution in [1.29, 1.82) is 0 Å². The van der Waals surface area contributed by atoms with E-state index in [0.717, 1.165) is 49.5 Å². The summed E-state index contributed by atoms with van der Waals surface area (Å²) in [5, 5.41) is 7.13. The van der Waals surface area contributed by atoms with Crippen LogP contribution in [0.25, 0.3) is 20.8 Å². The molecule has 4 aromatic rings. The fraction of sp³-hybridized carbons (Fsp3) is 0. The maximum atomic E-state index is 13.3. The molecule has 3 unspecified atom stereocenters. The summed E-state index contributed by atoms with van der Waals surface area (Å²) in [6.45, 7) is 0. The van der Waals surface area contributed by atoms with Gasteiger partial charge in [0.1, 0.15) is 5.01 Å². The first-order valence-corrected chi connectivity index (χ1v) is 13.2. The highest BCUT2D eigenvalue weighted by Crippen LogP contribution is 2.34.